The fourth-order valence-electron chi connectivity index (χ4n) is 1.82. The lowest BCUT2D eigenvalue weighted by Crippen LogP contribution is -2.46. The number of nitrogens with zero attached hydrogens (tertiary/aromatic N) is 2. The highest BCUT2D eigenvalue weighted by Crippen LogP contribution is 2.10. The molecule has 15 heavy (non-hydrogen) atoms. The Morgan fingerprint density at radius 3 is 2.80 bits per heavy atom. The lowest BCUT2D eigenvalue weighted by atomic mass is 10.1. The molecule has 1 aliphatic rings. The van der Waals surface area contributed by atoms with E-state index in [4.69, 9.17) is 5.84 Å². The second-order valence-electron chi connectivity index (χ2n) is 4.48. The normalized spacial score (nSPS) is 24.3. The number of hydrazine groups is 1. The summed E-state index contributed by atoms with van der Waals surface area (Å²) < 4.78 is 0. The van der Waals surface area contributed by atoms with Crippen LogP contribution in [0.1, 0.15) is 26.7 Å². The summed E-state index contributed by atoms with van der Waals surface area (Å²) in [5, 5.41) is 3.19. The number of nitrogens with one attached hydrogen (secondary N) is 2. The Morgan fingerprint density at radius 2 is 2.27 bits per heavy atom. The lowest BCUT2D eigenvalue weighted by molar-refractivity contribution is 0.252. The lowest BCUT2D eigenvalue weighted by Gasteiger charge is -2.27. The first-order valence-electron chi connectivity index (χ1n) is 5.61. The van der Waals surface area contributed by atoms with Gasteiger partial charge in [-0.3, -0.25) is 5.43 Å². The van der Waals surface area contributed by atoms with Gasteiger partial charge >= 0.3 is 0 Å². The number of likely N-dealkylation sites (N-methyl/N-ethyl adjacent to an activating group) is 1. The summed E-state index contributed by atoms with van der Waals surface area (Å²) in [5.74, 6) is 6.12. The second kappa shape index (κ2) is 5.92. The van der Waals surface area contributed by atoms with E-state index in [0.29, 0.717) is 18.0 Å². The molecule has 1 heterocycles. The molecule has 1 fully saturated rings. The van der Waals surface area contributed by atoms with Gasteiger partial charge in [0.1, 0.15) is 0 Å². The summed E-state index contributed by atoms with van der Waals surface area (Å²) in [6.45, 7) is 6.33. The fourth-order valence-corrected chi connectivity index (χ4v) is 1.82. The first-order chi connectivity index (χ1) is 7.11. The van der Waals surface area contributed by atoms with Crippen LogP contribution in [0.4, 0.5) is 0 Å². The maximum atomic E-state index is 5.42. The van der Waals surface area contributed by atoms with Gasteiger partial charge in [-0.1, -0.05) is 0 Å². The van der Waals surface area contributed by atoms with Gasteiger partial charge in [0, 0.05) is 12.6 Å². The molecule has 0 bridgehead atoms. The summed E-state index contributed by atoms with van der Waals surface area (Å²) in [7, 11) is 2.13. The van der Waals surface area contributed by atoms with E-state index >= 15 is 0 Å². The van der Waals surface area contributed by atoms with Crippen LogP contribution in [0, 0.1) is 0 Å². The van der Waals surface area contributed by atoms with Gasteiger partial charge in [-0.15, -0.1) is 0 Å². The van der Waals surface area contributed by atoms with Crippen LogP contribution in [-0.2, 0) is 0 Å². The van der Waals surface area contributed by atoms with Crippen molar-refractivity contribution >= 4 is 5.96 Å². The molecular weight excluding hydrogens is 190 g/mol. The highest BCUT2D eigenvalue weighted by molar-refractivity contribution is 5.79. The van der Waals surface area contributed by atoms with E-state index in [1.165, 1.54) is 13.0 Å². The summed E-state index contributed by atoms with van der Waals surface area (Å²) in [4.78, 5) is 6.88. The number of hydrogen-bond donors (Lipinski definition) is 3. The Labute approximate surface area is 92.1 Å². The van der Waals surface area contributed by atoms with Gasteiger partial charge in [-0.2, -0.15) is 0 Å². The molecule has 0 aliphatic carbocycles. The number of rotatable bonds is 2. The van der Waals surface area contributed by atoms with Gasteiger partial charge in [0.2, 0.25) is 5.96 Å². The zero-order chi connectivity index (χ0) is 11.3. The zero-order valence-corrected chi connectivity index (χ0v) is 9.95. The number of nitrogens with two attached hydrogens (primary N) is 1. The van der Waals surface area contributed by atoms with E-state index in [9.17, 15) is 0 Å². The van der Waals surface area contributed by atoms with Crippen molar-refractivity contribution in [3.63, 3.8) is 0 Å². The minimum absolute atomic E-state index is 0.348. The Kier molecular flexibility index (Phi) is 4.84. The summed E-state index contributed by atoms with van der Waals surface area (Å²) >= 11 is 0. The van der Waals surface area contributed by atoms with Crippen LogP contribution in [0.25, 0.3) is 0 Å². The third kappa shape index (κ3) is 4.48. The summed E-state index contributed by atoms with van der Waals surface area (Å²) in [6.07, 6.45) is 2.36. The first kappa shape index (κ1) is 12.3. The van der Waals surface area contributed by atoms with Crippen LogP contribution < -0.4 is 16.6 Å². The van der Waals surface area contributed by atoms with Crippen LogP contribution in [-0.4, -0.2) is 43.1 Å². The Hall–Kier alpha value is -0.810. The number of aliphatic imine (C=N–C) groups is 1. The van der Waals surface area contributed by atoms with Crippen LogP contribution in [0.3, 0.4) is 0 Å². The van der Waals surface area contributed by atoms with Crippen molar-refractivity contribution in [2.24, 2.45) is 10.8 Å². The van der Waals surface area contributed by atoms with Gasteiger partial charge in [-0.05, 0) is 40.3 Å². The number of guanidine groups is 1. The average Bonchev–Trinajstić information content (AvgIpc) is 2.16. The summed E-state index contributed by atoms with van der Waals surface area (Å²) in [6, 6.07) is 0.710. The van der Waals surface area contributed by atoms with Crippen molar-refractivity contribution in [1.82, 2.24) is 15.6 Å². The molecule has 4 N–H and O–H groups in total. The molecule has 1 unspecified atom stereocenters. The molecule has 1 rings (SSSR count). The molecule has 88 valence electrons. The van der Waals surface area contributed by atoms with E-state index in [1.807, 2.05) is 0 Å². The maximum Gasteiger partial charge on any atom is 0.206 e. The number of piperidine rings is 1. The Morgan fingerprint density at radius 1 is 1.53 bits per heavy atom. The minimum Gasteiger partial charge on any atom is -0.353 e. The summed E-state index contributed by atoms with van der Waals surface area (Å²) in [5.41, 5.74) is 2.62. The quantitative estimate of drug-likeness (QED) is 0.259. The molecule has 0 aromatic carbocycles. The van der Waals surface area contributed by atoms with E-state index in [2.05, 4.69) is 41.5 Å². The van der Waals surface area contributed by atoms with Crippen molar-refractivity contribution < 1.29 is 0 Å². The molecule has 5 nitrogen and oxygen atoms in total. The fraction of sp³-hybridized carbons (Fsp3) is 0.900. The van der Waals surface area contributed by atoms with E-state index in [0.717, 1.165) is 13.0 Å². The molecule has 0 aromatic rings. The Balaban J connectivity index is 2.49. The predicted molar refractivity (Wildman–Crippen MR) is 63.5 cm³/mol. The van der Waals surface area contributed by atoms with E-state index in [1.54, 1.807) is 0 Å². The van der Waals surface area contributed by atoms with Gasteiger partial charge in [0.15, 0.2) is 0 Å². The number of likely N-dealkylation sites (tertiary alicyclic amines) is 1. The average molecular weight is 213 g/mol. The molecular formula is C10H23N5. The van der Waals surface area contributed by atoms with Crippen molar-refractivity contribution in [3.05, 3.63) is 0 Å². The van der Waals surface area contributed by atoms with Crippen LogP contribution in [0.5, 0.6) is 0 Å². The standard InChI is InChI=1S/C10H23N5/c1-8(2)12-10(14-11)13-9-5-4-6-15(3)7-9/h8-9H,4-7,11H2,1-3H3,(H2,12,13,14). The molecule has 0 saturated carbocycles. The Bertz CT molecular complexity index is 214. The smallest absolute Gasteiger partial charge is 0.206 e. The molecule has 0 spiro atoms. The molecule has 1 aliphatic heterocycles. The molecule has 0 amide bonds. The second-order valence-corrected chi connectivity index (χ2v) is 4.48. The minimum atomic E-state index is 0.348. The highest BCUT2D eigenvalue weighted by atomic mass is 15.3. The third-order valence-corrected chi connectivity index (χ3v) is 2.47. The highest BCUT2D eigenvalue weighted by Gasteiger charge is 2.16. The zero-order valence-electron chi connectivity index (χ0n) is 9.95. The topological polar surface area (TPSA) is 65.7 Å². The van der Waals surface area contributed by atoms with Crippen molar-refractivity contribution in [2.45, 2.75) is 38.8 Å². The van der Waals surface area contributed by atoms with Crippen LogP contribution >= 0.6 is 0 Å². The molecule has 0 aromatic heterocycles. The van der Waals surface area contributed by atoms with Gasteiger partial charge in [0.05, 0.1) is 6.04 Å². The van der Waals surface area contributed by atoms with Gasteiger partial charge < -0.3 is 10.2 Å². The molecule has 1 atom stereocenters. The SMILES string of the molecule is CC(C)NC(=NC1CCCN(C)C1)NN. The molecule has 5 heteroatoms. The molecule has 0 radical (unpaired) electrons. The van der Waals surface area contributed by atoms with E-state index < -0.39 is 0 Å². The van der Waals surface area contributed by atoms with E-state index in [-0.39, 0.29) is 0 Å². The largest absolute Gasteiger partial charge is 0.353 e. The van der Waals surface area contributed by atoms with Crippen molar-refractivity contribution in [2.75, 3.05) is 20.1 Å². The number of hydrogen-bond acceptors (Lipinski definition) is 3. The van der Waals surface area contributed by atoms with Crippen LogP contribution in [0.2, 0.25) is 0 Å². The third-order valence-electron chi connectivity index (χ3n) is 2.47. The predicted octanol–water partition coefficient (Wildman–Crippen LogP) is -0.102. The van der Waals surface area contributed by atoms with Crippen LogP contribution in [0.15, 0.2) is 4.99 Å². The first-order valence-corrected chi connectivity index (χ1v) is 5.61. The maximum absolute atomic E-state index is 5.42. The monoisotopic (exact) mass is 213 g/mol. The van der Waals surface area contributed by atoms with Crippen molar-refractivity contribution in [3.8, 4) is 0 Å². The van der Waals surface area contributed by atoms with Crippen molar-refractivity contribution in [1.29, 1.82) is 0 Å². The molecule has 1 saturated heterocycles. The van der Waals surface area contributed by atoms with Gasteiger partial charge in [0.25, 0.3) is 0 Å². The van der Waals surface area contributed by atoms with Gasteiger partial charge in [-0.25, -0.2) is 10.8 Å².